The molecule has 2 aromatic heterocycles. The van der Waals surface area contributed by atoms with Crippen LogP contribution in [-0.4, -0.2) is 37.7 Å². The first kappa shape index (κ1) is 14.4. The highest BCUT2D eigenvalue weighted by atomic mass is 35.5. The summed E-state index contributed by atoms with van der Waals surface area (Å²) in [6, 6.07) is 5.57. The molecule has 1 aliphatic rings. The van der Waals surface area contributed by atoms with Crippen LogP contribution in [0.1, 0.15) is 17.4 Å². The SMILES string of the molecule is Cc1cnn(C2CN(Cc3nc4ccc(Cl)cc4c(=O)[nH]3)C2)c1. The Morgan fingerprint density at radius 2 is 2.22 bits per heavy atom. The zero-order valence-corrected chi connectivity index (χ0v) is 13.4. The van der Waals surface area contributed by atoms with Crippen LogP contribution in [0.3, 0.4) is 0 Å². The van der Waals surface area contributed by atoms with Crippen LogP contribution in [0.4, 0.5) is 0 Å². The van der Waals surface area contributed by atoms with Crippen LogP contribution in [0.5, 0.6) is 0 Å². The van der Waals surface area contributed by atoms with Crippen LogP contribution < -0.4 is 5.56 Å². The van der Waals surface area contributed by atoms with Crippen LogP contribution in [0.2, 0.25) is 5.02 Å². The summed E-state index contributed by atoms with van der Waals surface area (Å²) in [5.74, 6) is 0.680. The van der Waals surface area contributed by atoms with Gasteiger partial charge < -0.3 is 4.98 Å². The fraction of sp³-hybridized carbons (Fsp3) is 0.312. The largest absolute Gasteiger partial charge is 0.309 e. The quantitative estimate of drug-likeness (QED) is 0.799. The number of aromatic amines is 1. The lowest BCUT2D eigenvalue weighted by Crippen LogP contribution is -2.47. The van der Waals surface area contributed by atoms with Gasteiger partial charge in [0.1, 0.15) is 5.82 Å². The molecule has 1 aromatic carbocycles. The van der Waals surface area contributed by atoms with E-state index >= 15 is 0 Å². The summed E-state index contributed by atoms with van der Waals surface area (Å²) in [7, 11) is 0. The van der Waals surface area contributed by atoms with Crippen LogP contribution in [0.15, 0.2) is 35.4 Å². The molecule has 1 aliphatic heterocycles. The number of halogens is 1. The van der Waals surface area contributed by atoms with E-state index in [0.717, 1.165) is 13.1 Å². The number of hydrogen-bond acceptors (Lipinski definition) is 4. The number of rotatable bonds is 3. The third kappa shape index (κ3) is 2.75. The lowest BCUT2D eigenvalue weighted by Gasteiger charge is -2.38. The molecule has 6 nitrogen and oxygen atoms in total. The molecule has 118 valence electrons. The van der Waals surface area contributed by atoms with Gasteiger partial charge in [-0.25, -0.2) is 4.98 Å². The highest BCUT2D eigenvalue weighted by Gasteiger charge is 2.29. The minimum absolute atomic E-state index is 0.146. The molecule has 0 atom stereocenters. The van der Waals surface area contributed by atoms with Crippen molar-refractivity contribution in [2.24, 2.45) is 0 Å². The highest BCUT2D eigenvalue weighted by molar-refractivity contribution is 6.31. The van der Waals surface area contributed by atoms with Crippen molar-refractivity contribution in [3.63, 3.8) is 0 Å². The van der Waals surface area contributed by atoms with E-state index < -0.39 is 0 Å². The van der Waals surface area contributed by atoms with Crippen LogP contribution in [0, 0.1) is 6.92 Å². The minimum Gasteiger partial charge on any atom is -0.309 e. The standard InChI is InChI=1S/C16H16ClN5O/c1-10-5-18-22(6-10)12-7-21(8-12)9-15-19-14-3-2-11(17)4-13(14)16(23)20-15/h2-6,12H,7-9H2,1H3,(H,19,20,23). The number of hydrogen-bond donors (Lipinski definition) is 1. The Balaban J connectivity index is 1.49. The minimum atomic E-state index is -0.146. The van der Waals surface area contributed by atoms with Gasteiger partial charge in [-0.05, 0) is 30.7 Å². The Morgan fingerprint density at radius 3 is 2.96 bits per heavy atom. The average Bonchev–Trinajstić information content (AvgIpc) is 2.89. The summed E-state index contributed by atoms with van der Waals surface area (Å²) in [6.45, 7) is 4.48. The predicted octanol–water partition coefficient (Wildman–Crippen LogP) is 2.14. The molecule has 1 N–H and O–H groups in total. The highest BCUT2D eigenvalue weighted by Crippen LogP contribution is 2.22. The number of aromatic nitrogens is 4. The van der Waals surface area contributed by atoms with Crippen molar-refractivity contribution in [3.8, 4) is 0 Å². The zero-order valence-electron chi connectivity index (χ0n) is 12.7. The Kier molecular flexibility index (Phi) is 3.43. The second-order valence-electron chi connectivity index (χ2n) is 6.02. The van der Waals surface area contributed by atoms with E-state index in [1.165, 1.54) is 5.56 Å². The third-order valence-corrected chi connectivity index (χ3v) is 4.37. The molecule has 1 saturated heterocycles. The number of nitrogens with one attached hydrogen (secondary N) is 1. The maximum absolute atomic E-state index is 12.1. The fourth-order valence-electron chi connectivity index (χ4n) is 2.92. The lowest BCUT2D eigenvalue weighted by molar-refractivity contribution is 0.0881. The monoisotopic (exact) mass is 329 g/mol. The predicted molar refractivity (Wildman–Crippen MR) is 88.7 cm³/mol. The van der Waals surface area contributed by atoms with Gasteiger partial charge in [0.05, 0.1) is 29.7 Å². The molecule has 0 spiro atoms. The maximum Gasteiger partial charge on any atom is 0.258 e. The Morgan fingerprint density at radius 1 is 1.39 bits per heavy atom. The Hall–Kier alpha value is -2.18. The molecule has 3 heterocycles. The molecule has 0 saturated carbocycles. The zero-order chi connectivity index (χ0) is 16.0. The Bertz CT molecular complexity index is 926. The van der Waals surface area contributed by atoms with Crippen molar-refractivity contribution in [2.75, 3.05) is 13.1 Å². The second-order valence-corrected chi connectivity index (χ2v) is 6.46. The summed E-state index contributed by atoms with van der Waals surface area (Å²) in [6.07, 6.45) is 3.93. The van der Waals surface area contributed by atoms with Gasteiger partial charge in [0.15, 0.2) is 0 Å². The first-order valence-corrected chi connectivity index (χ1v) is 7.88. The molecule has 0 unspecified atom stereocenters. The van der Waals surface area contributed by atoms with E-state index in [1.807, 2.05) is 17.8 Å². The van der Waals surface area contributed by atoms with Crippen molar-refractivity contribution >= 4 is 22.5 Å². The topological polar surface area (TPSA) is 66.8 Å². The van der Waals surface area contributed by atoms with E-state index in [2.05, 4.69) is 26.2 Å². The van der Waals surface area contributed by atoms with E-state index in [1.54, 1.807) is 18.2 Å². The molecule has 0 amide bonds. The summed E-state index contributed by atoms with van der Waals surface area (Å²) in [5, 5.41) is 5.41. The van der Waals surface area contributed by atoms with E-state index in [-0.39, 0.29) is 5.56 Å². The van der Waals surface area contributed by atoms with Crippen LogP contribution >= 0.6 is 11.6 Å². The molecule has 4 rings (SSSR count). The van der Waals surface area contributed by atoms with E-state index in [4.69, 9.17) is 11.6 Å². The lowest BCUT2D eigenvalue weighted by atomic mass is 10.1. The van der Waals surface area contributed by atoms with E-state index in [0.29, 0.717) is 34.3 Å². The van der Waals surface area contributed by atoms with Gasteiger partial charge in [-0.1, -0.05) is 11.6 Å². The maximum atomic E-state index is 12.1. The van der Waals surface area contributed by atoms with Crippen molar-refractivity contribution in [3.05, 3.63) is 57.4 Å². The first-order chi connectivity index (χ1) is 11.1. The van der Waals surface area contributed by atoms with Crippen LogP contribution in [0.25, 0.3) is 10.9 Å². The van der Waals surface area contributed by atoms with Gasteiger partial charge in [0.2, 0.25) is 0 Å². The van der Waals surface area contributed by atoms with Crippen molar-refractivity contribution in [1.29, 1.82) is 0 Å². The van der Waals surface area contributed by atoms with Gasteiger partial charge in [-0.3, -0.25) is 14.4 Å². The summed E-state index contributed by atoms with van der Waals surface area (Å²) < 4.78 is 2.00. The van der Waals surface area contributed by atoms with Gasteiger partial charge in [0, 0.05) is 24.3 Å². The third-order valence-electron chi connectivity index (χ3n) is 4.13. The molecule has 0 radical (unpaired) electrons. The number of H-pyrrole nitrogens is 1. The normalized spacial score (nSPS) is 15.9. The number of benzene rings is 1. The second kappa shape index (κ2) is 5.47. The molecular weight excluding hydrogens is 314 g/mol. The smallest absolute Gasteiger partial charge is 0.258 e. The number of fused-ring (bicyclic) bond motifs is 1. The summed E-state index contributed by atoms with van der Waals surface area (Å²) in [5.41, 5.74) is 1.70. The fourth-order valence-corrected chi connectivity index (χ4v) is 3.09. The summed E-state index contributed by atoms with van der Waals surface area (Å²) >= 11 is 5.93. The number of nitrogens with zero attached hydrogens (tertiary/aromatic N) is 4. The molecule has 1 fully saturated rings. The first-order valence-electron chi connectivity index (χ1n) is 7.50. The van der Waals surface area contributed by atoms with E-state index in [9.17, 15) is 4.79 Å². The molecule has 3 aromatic rings. The van der Waals surface area contributed by atoms with Crippen molar-refractivity contribution in [1.82, 2.24) is 24.6 Å². The van der Waals surface area contributed by atoms with Crippen molar-refractivity contribution < 1.29 is 0 Å². The number of likely N-dealkylation sites (tertiary alicyclic amines) is 1. The van der Waals surface area contributed by atoms with Gasteiger partial charge in [-0.2, -0.15) is 5.10 Å². The average molecular weight is 330 g/mol. The van der Waals surface area contributed by atoms with Gasteiger partial charge in [0.25, 0.3) is 5.56 Å². The van der Waals surface area contributed by atoms with Gasteiger partial charge in [-0.15, -0.1) is 0 Å². The number of aryl methyl sites for hydroxylation is 1. The molecule has 7 heteroatoms. The molecule has 0 aliphatic carbocycles. The molecule has 0 bridgehead atoms. The molecule has 23 heavy (non-hydrogen) atoms. The van der Waals surface area contributed by atoms with Gasteiger partial charge >= 0.3 is 0 Å². The van der Waals surface area contributed by atoms with Crippen molar-refractivity contribution in [2.45, 2.75) is 19.5 Å². The van der Waals surface area contributed by atoms with Crippen LogP contribution in [-0.2, 0) is 6.54 Å². The molecular formula is C16H16ClN5O. The Labute approximate surface area is 137 Å². The summed E-state index contributed by atoms with van der Waals surface area (Å²) in [4.78, 5) is 21.7.